The van der Waals surface area contributed by atoms with Crippen LogP contribution in [-0.2, 0) is 4.79 Å². The van der Waals surface area contributed by atoms with Crippen molar-refractivity contribution in [3.63, 3.8) is 0 Å². The number of nitrogens with one attached hydrogen (secondary N) is 2. The fourth-order valence-electron chi connectivity index (χ4n) is 1.92. The second kappa shape index (κ2) is 5.71. The zero-order valence-corrected chi connectivity index (χ0v) is 10.3. The Labute approximate surface area is 103 Å². The molecule has 1 amide bonds. The monoisotopic (exact) mass is 232 g/mol. The molecular weight excluding hydrogens is 212 g/mol. The van der Waals surface area contributed by atoms with Gasteiger partial charge >= 0.3 is 0 Å². The van der Waals surface area contributed by atoms with E-state index in [2.05, 4.69) is 10.6 Å². The molecule has 17 heavy (non-hydrogen) atoms. The molecule has 1 saturated carbocycles. The zero-order chi connectivity index (χ0) is 12.1. The molecule has 0 aromatic heterocycles. The molecule has 1 aliphatic carbocycles. The van der Waals surface area contributed by atoms with Gasteiger partial charge in [0.15, 0.2) is 0 Å². The number of hydrogen-bond donors (Lipinski definition) is 2. The van der Waals surface area contributed by atoms with Gasteiger partial charge in [0.05, 0.1) is 0 Å². The van der Waals surface area contributed by atoms with Gasteiger partial charge in [-0.3, -0.25) is 4.79 Å². The molecule has 1 aromatic rings. The lowest BCUT2D eigenvalue weighted by molar-refractivity contribution is -0.115. The smallest absolute Gasteiger partial charge is 0.224 e. The van der Waals surface area contributed by atoms with Gasteiger partial charge in [0.1, 0.15) is 0 Å². The van der Waals surface area contributed by atoms with Crippen LogP contribution in [0.4, 0.5) is 11.4 Å². The van der Waals surface area contributed by atoms with Gasteiger partial charge in [-0.15, -0.1) is 0 Å². The molecule has 92 valence electrons. The van der Waals surface area contributed by atoms with Gasteiger partial charge < -0.3 is 10.6 Å². The van der Waals surface area contributed by atoms with Crippen LogP contribution in [-0.4, -0.2) is 12.5 Å². The predicted octanol–water partition coefficient (Wildman–Crippen LogP) is 3.25. The Morgan fingerprint density at radius 2 is 2.12 bits per heavy atom. The lowest BCUT2D eigenvalue weighted by Gasteiger charge is -2.25. The average Bonchev–Trinajstić information content (AvgIpc) is 2.27. The summed E-state index contributed by atoms with van der Waals surface area (Å²) in [5, 5.41) is 6.30. The lowest BCUT2D eigenvalue weighted by Crippen LogP contribution is -2.20. The number of hydrogen-bond acceptors (Lipinski definition) is 2. The van der Waals surface area contributed by atoms with E-state index in [4.69, 9.17) is 0 Å². The first-order valence-electron chi connectivity index (χ1n) is 6.41. The molecule has 3 heteroatoms. The number of rotatable bonds is 5. The van der Waals surface area contributed by atoms with Crippen molar-refractivity contribution in [3.05, 3.63) is 24.3 Å². The third-order valence-corrected chi connectivity index (χ3v) is 3.29. The second-order valence-corrected chi connectivity index (χ2v) is 4.66. The highest BCUT2D eigenvalue weighted by Crippen LogP contribution is 2.26. The molecule has 0 heterocycles. The first-order valence-corrected chi connectivity index (χ1v) is 6.41. The van der Waals surface area contributed by atoms with E-state index in [1.54, 1.807) is 0 Å². The van der Waals surface area contributed by atoms with E-state index in [-0.39, 0.29) is 5.91 Å². The maximum atomic E-state index is 11.3. The van der Waals surface area contributed by atoms with Crippen LogP contribution in [0.2, 0.25) is 0 Å². The highest BCUT2D eigenvalue weighted by atomic mass is 16.1. The Morgan fingerprint density at radius 3 is 2.76 bits per heavy atom. The molecule has 0 radical (unpaired) electrons. The van der Waals surface area contributed by atoms with Crippen LogP contribution in [0.15, 0.2) is 24.3 Å². The summed E-state index contributed by atoms with van der Waals surface area (Å²) in [6.07, 6.45) is 4.58. The van der Waals surface area contributed by atoms with E-state index in [0.717, 1.165) is 23.8 Å². The summed E-state index contributed by atoms with van der Waals surface area (Å²) >= 11 is 0. The Morgan fingerprint density at radius 1 is 1.35 bits per heavy atom. The van der Waals surface area contributed by atoms with E-state index in [1.807, 2.05) is 31.2 Å². The van der Waals surface area contributed by atoms with Crippen LogP contribution in [0.3, 0.4) is 0 Å². The first kappa shape index (κ1) is 12.0. The van der Waals surface area contributed by atoms with Crippen LogP contribution in [0.25, 0.3) is 0 Å². The van der Waals surface area contributed by atoms with Gasteiger partial charge in [-0.1, -0.05) is 19.4 Å². The Bertz CT molecular complexity index is 386. The van der Waals surface area contributed by atoms with Gasteiger partial charge in [0.25, 0.3) is 0 Å². The molecular formula is C14H20N2O. The minimum Gasteiger partial charge on any atom is -0.385 e. The quantitative estimate of drug-likeness (QED) is 0.818. The average molecular weight is 232 g/mol. The molecule has 2 rings (SSSR count). The van der Waals surface area contributed by atoms with Gasteiger partial charge in [-0.25, -0.2) is 0 Å². The summed E-state index contributed by atoms with van der Waals surface area (Å²) in [4.78, 5) is 11.3. The van der Waals surface area contributed by atoms with Crippen molar-refractivity contribution in [2.75, 3.05) is 17.2 Å². The fraction of sp³-hybridized carbons (Fsp3) is 0.500. The number of carbonyl (C=O) groups is 1. The van der Waals surface area contributed by atoms with Crippen LogP contribution in [0.1, 0.15) is 32.6 Å². The minimum absolute atomic E-state index is 0.0566. The minimum atomic E-state index is 0.0566. The molecule has 0 bridgehead atoms. The molecule has 0 unspecified atom stereocenters. The molecule has 0 spiro atoms. The molecule has 1 fully saturated rings. The van der Waals surface area contributed by atoms with E-state index >= 15 is 0 Å². The van der Waals surface area contributed by atoms with Gasteiger partial charge in [0.2, 0.25) is 5.91 Å². The number of amides is 1. The van der Waals surface area contributed by atoms with Gasteiger partial charge in [0, 0.05) is 24.3 Å². The van der Waals surface area contributed by atoms with Gasteiger partial charge in [-0.2, -0.15) is 0 Å². The lowest BCUT2D eigenvalue weighted by atomic mass is 9.85. The van der Waals surface area contributed by atoms with Crippen LogP contribution in [0, 0.1) is 5.92 Å². The van der Waals surface area contributed by atoms with Crippen molar-refractivity contribution in [1.82, 2.24) is 0 Å². The maximum absolute atomic E-state index is 11.3. The Balaban J connectivity index is 1.88. The van der Waals surface area contributed by atoms with Crippen molar-refractivity contribution >= 4 is 17.3 Å². The number of benzene rings is 1. The largest absolute Gasteiger partial charge is 0.385 e. The van der Waals surface area contributed by atoms with Crippen molar-refractivity contribution in [3.8, 4) is 0 Å². The molecule has 1 aromatic carbocycles. The summed E-state index contributed by atoms with van der Waals surface area (Å²) in [6.45, 7) is 2.90. The summed E-state index contributed by atoms with van der Waals surface area (Å²) in [7, 11) is 0. The Hall–Kier alpha value is -1.51. The fourth-order valence-corrected chi connectivity index (χ4v) is 1.92. The van der Waals surface area contributed by atoms with E-state index in [0.29, 0.717) is 6.42 Å². The van der Waals surface area contributed by atoms with Crippen LogP contribution < -0.4 is 10.6 Å². The molecule has 0 saturated heterocycles. The third-order valence-electron chi connectivity index (χ3n) is 3.29. The normalized spacial score (nSPS) is 15.1. The molecule has 3 nitrogen and oxygen atoms in total. The van der Waals surface area contributed by atoms with Crippen LogP contribution in [0.5, 0.6) is 0 Å². The highest BCUT2D eigenvalue weighted by Gasteiger charge is 2.16. The van der Waals surface area contributed by atoms with E-state index in [9.17, 15) is 4.79 Å². The maximum Gasteiger partial charge on any atom is 0.224 e. The zero-order valence-electron chi connectivity index (χ0n) is 10.3. The standard InChI is InChI=1S/C14H20N2O/c1-2-14(17)16-13-8-4-7-12(9-13)15-10-11-5-3-6-11/h4,7-9,11,15H,2-3,5-6,10H2,1H3,(H,16,17). The summed E-state index contributed by atoms with van der Waals surface area (Å²) in [5.74, 6) is 0.894. The van der Waals surface area contributed by atoms with Crippen LogP contribution >= 0.6 is 0 Å². The topological polar surface area (TPSA) is 41.1 Å². The van der Waals surface area contributed by atoms with Crippen molar-refractivity contribution in [2.45, 2.75) is 32.6 Å². The molecule has 1 aliphatic rings. The summed E-state index contributed by atoms with van der Waals surface area (Å²) < 4.78 is 0. The van der Waals surface area contributed by atoms with Gasteiger partial charge in [-0.05, 0) is 37.0 Å². The summed E-state index contributed by atoms with van der Waals surface area (Å²) in [5.41, 5.74) is 1.96. The van der Waals surface area contributed by atoms with E-state index in [1.165, 1.54) is 19.3 Å². The Kier molecular flexibility index (Phi) is 4.02. The second-order valence-electron chi connectivity index (χ2n) is 4.66. The SMILES string of the molecule is CCC(=O)Nc1cccc(NCC2CCC2)c1. The number of carbonyl (C=O) groups excluding carboxylic acids is 1. The predicted molar refractivity (Wildman–Crippen MR) is 71.2 cm³/mol. The molecule has 2 N–H and O–H groups in total. The van der Waals surface area contributed by atoms with Crippen molar-refractivity contribution < 1.29 is 4.79 Å². The highest BCUT2D eigenvalue weighted by molar-refractivity contribution is 5.90. The first-order chi connectivity index (χ1) is 8.28. The molecule has 0 atom stereocenters. The van der Waals surface area contributed by atoms with Crippen molar-refractivity contribution in [2.24, 2.45) is 5.92 Å². The molecule has 0 aliphatic heterocycles. The third kappa shape index (κ3) is 3.48. The van der Waals surface area contributed by atoms with Crippen molar-refractivity contribution in [1.29, 1.82) is 0 Å². The number of anilines is 2. The summed E-state index contributed by atoms with van der Waals surface area (Å²) in [6, 6.07) is 7.92. The van der Waals surface area contributed by atoms with E-state index < -0.39 is 0 Å².